The van der Waals surface area contributed by atoms with Crippen molar-refractivity contribution in [2.24, 2.45) is 10.5 Å². The summed E-state index contributed by atoms with van der Waals surface area (Å²) in [4.78, 5) is 12.3. The molecule has 0 aromatic heterocycles. The minimum Gasteiger partial charge on any atom is -0.493 e. The standard InChI is InChI=1S/C24H28FN3O3/c1-30-20-8-3-16(13-21(20)31-2)15-24-10-9-19(14-22(24)26-12-11-24)27-28-23(29)17-4-6-18(25)7-5-17/h3-8,13,22,26H,9-12,14-15H2,1-2H3,(H,28,29)/t22?,24-/m1/s1. The molecule has 1 amide bonds. The van der Waals surface area contributed by atoms with Crippen molar-refractivity contribution >= 4 is 11.6 Å². The molecule has 1 aliphatic heterocycles. The van der Waals surface area contributed by atoms with Gasteiger partial charge in [0.15, 0.2) is 11.5 Å². The van der Waals surface area contributed by atoms with Gasteiger partial charge < -0.3 is 14.8 Å². The molecule has 2 N–H and O–H groups in total. The molecule has 2 fully saturated rings. The van der Waals surface area contributed by atoms with Crippen LogP contribution in [0, 0.1) is 11.2 Å². The third-order valence-electron chi connectivity index (χ3n) is 6.53. The molecule has 4 rings (SSSR count). The number of halogens is 1. The lowest BCUT2D eigenvalue weighted by molar-refractivity contribution is 0.0954. The minimum absolute atomic E-state index is 0.166. The molecule has 0 radical (unpaired) electrons. The van der Waals surface area contributed by atoms with Gasteiger partial charge in [0, 0.05) is 23.7 Å². The van der Waals surface area contributed by atoms with Gasteiger partial charge in [-0.05, 0) is 79.6 Å². The molecular formula is C24H28FN3O3. The lowest BCUT2D eigenvalue weighted by Crippen LogP contribution is -2.44. The fourth-order valence-corrected chi connectivity index (χ4v) is 4.80. The number of hydrazone groups is 1. The Hall–Kier alpha value is -2.93. The van der Waals surface area contributed by atoms with Crippen LogP contribution in [0.2, 0.25) is 0 Å². The van der Waals surface area contributed by atoms with Gasteiger partial charge in [-0.25, -0.2) is 9.82 Å². The van der Waals surface area contributed by atoms with Crippen LogP contribution in [0.25, 0.3) is 0 Å². The molecule has 6 nitrogen and oxygen atoms in total. The first-order valence-electron chi connectivity index (χ1n) is 10.6. The normalized spacial score (nSPS) is 24.0. The van der Waals surface area contributed by atoms with E-state index >= 15 is 0 Å². The van der Waals surface area contributed by atoms with Crippen molar-refractivity contribution in [2.75, 3.05) is 20.8 Å². The van der Waals surface area contributed by atoms with E-state index in [2.05, 4.69) is 28.0 Å². The first kappa shape index (κ1) is 21.3. The smallest absolute Gasteiger partial charge is 0.271 e. The van der Waals surface area contributed by atoms with Gasteiger partial charge in [-0.3, -0.25) is 4.79 Å². The maximum atomic E-state index is 13.0. The van der Waals surface area contributed by atoms with E-state index in [0.717, 1.165) is 55.9 Å². The average molecular weight is 426 g/mol. The van der Waals surface area contributed by atoms with E-state index in [-0.39, 0.29) is 17.1 Å². The van der Waals surface area contributed by atoms with Crippen LogP contribution in [0.4, 0.5) is 4.39 Å². The second-order valence-electron chi connectivity index (χ2n) is 8.32. The maximum absolute atomic E-state index is 13.0. The molecule has 1 aliphatic carbocycles. The Bertz CT molecular complexity index is 977. The number of rotatable bonds is 6. The molecular weight excluding hydrogens is 397 g/mol. The van der Waals surface area contributed by atoms with Crippen molar-refractivity contribution in [3.63, 3.8) is 0 Å². The summed E-state index contributed by atoms with van der Waals surface area (Å²) in [6.45, 7) is 0.979. The van der Waals surface area contributed by atoms with E-state index < -0.39 is 0 Å². The first-order valence-corrected chi connectivity index (χ1v) is 10.6. The number of nitrogens with one attached hydrogen (secondary N) is 2. The zero-order valence-electron chi connectivity index (χ0n) is 17.9. The second-order valence-corrected chi connectivity index (χ2v) is 8.32. The monoisotopic (exact) mass is 425 g/mol. The molecule has 1 unspecified atom stereocenters. The van der Waals surface area contributed by atoms with Crippen LogP contribution in [0.5, 0.6) is 11.5 Å². The van der Waals surface area contributed by atoms with Crippen LogP contribution in [-0.2, 0) is 6.42 Å². The van der Waals surface area contributed by atoms with Gasteiger partial charge in [-0.15, -0.1) is 0 Å². The highest BCUT2D eigenvalue weighted by atomic mass is 19.1. The van der Waals surface area contributed by atoms with Gasteiger partial charge >= 0.3 is 0 Å². The summed E-state index contributed by atoms with van der Waals surface area (Å²) in [5.74, 6) is 0.794. The number of fused-ring (bicyclic) bond motifs is 1. The summed E-state index contributed by atoms with van der Waals surface area (Å²) >= 11 is 0. The first-order chi connectivity index (χ1) is 15.0. The molecule has 2 aromatic rings. The number of nitrogens with zero attached hydrogens (tertiary/aromatic N) is 1. The van der Waals surface area contributed by atoms with Crippen LogP contribution in [-0.4, -0.2) is 38.4 Å². The highest BCUT2D eigenvalue weighted by molar-refractivity contribution is 5.95. The largest absolute Gasteiger partial charge is 0.493 e. The zero-order chi connectivity index (χ0) is 21.8. The van der Waals surface area contributed by atoms with E-state index in [1.807, 2.05) is 6.07 Å². The topological polar surface area (TPSA) is 72.0 Å². The fraction of sp³-hybridized carbons (Fsp3) is 0.417. The van der Waals surface area contributed by atoms with Gasteiger partial charge in [0.25, 0.3) is 5.91 Å². The van der Waals surface area contributed by atoms with Crippen LogP contribution >= 0.6 is 0 Å². The average Bonchev–Trinajstić information content (AvgIpc) is 3.20. The summed E-state index contributed by atoms with van der Waals surface area (Å²) in [6.07, 6.45) is 4.72. The molecule has 2 aliphatic rings. The van der Waals surface area contributed by atoms with Crippen LogP contribution < -0.4 is 20.2 Å². The highest BCUT2D eigenvalue weighted by Gasteiger charge is 2.45. The third-order valence-corrected chi connectivity index (χ3v) is 6.53. The second kappa shape index (κ2) is 9.06. The SMILES string of the molecule is COc1ccc(C[C@@]23CCNC2CC(=NNC(=O)c2ccc(F)cc2)CC3)cc1OC. The summed E-state index contributed by atoms with van der Waals surface area (Å²) in [7, 11) is 3.30. The maximum Gasteiger partial charge on any atom is 0.271 e. The molecule has 31 heavy (non-hydrogen) atoms. The highest BCUT2D eigenvalue weighted by Crippen LogP contribution is 2.45. The Labute approximate surface area is 181 Å². The van der Waals surface area contributed by atoms with Crippen molar-refractivity contribution in [3.05, 3.63) is 59.4 Å². The van der Waals surface area contributed by atoms with E-state index in [0.29, 0.717) is 11.6 Å². The fourth-order valence-electron chi connectivity index (χ4n) is 4.80. The van der Waals surface area contributed by atoms with E-state index in [1.54, 1.807) is 14.2 Å². The number of amides is 1. The number of ether oxygens (including phenoxy) is 2. The van der Waals surface area contributed by atoms with Crippen molar-refractivity contribution < 1.29 is 18.7 Å². The van der Waals surface area contributed by atoms with Gasteiger partial charge in [0.2, 0.25) is 0 Å². The summed E-state index contributed by atoms with van der Waals surface area (Å²) in [6, 6.07) is 11.9. The molecule has 2 atom stereocenters. The van der Waals surface area contributed by atoms with Crippen molar-refractivity contribution in [1.82, 2.24) is 10.7 Å². The number of hydrogen-bond donors (Lipinski definition) is 2. The molecule has 0 spiro atoms. The Morgan fingerprint density at radius 2 is 1.94 bits per heavy atom. The summed E-state index contributed by atoms with van der Waals surface area (Å²) in [5, 5.41) is 8.01. The molecule has 2 aromatic carbocycles. The quantitative estimate of drug-likeness (QED) is 0.693. The number of benzene rings is 2. The van der Waals surface area contributed by atoms with Crippen LogP contribution in [0.3, 0.4) is 0 Å². The predicted molar refractivity (Wildman–Crippen MR) is 117 cm³/mol. The number of carbonyl (C=O) groups excluding carboxylic acids is 1. The van der Waals surface area contributed by atoms with E-state index in [4.69, 9.17) is 9.47 Å². The van der Waals surface area contributed by atoms with Crippen LogP contribution in [0.15, 0.2) is 47.6 Å². The Kier molecular flexibility index (Phi) is 6.23. The Morgan fingerprint density at radius 3 is 2.68 bits per heavy atom. The number of methoxy groups -OCH3 is 2. The number of hydrogen-bond acceptors (Lipinski definition) is 5. The van der Waals surface area contributed by atoms with Gasteiger partial charge in [-0.1, -0.05) is 6.07 Å². The van der Waals surface area contributed by atoms with E-state index in [1.165, 1.54) is 29.8 Å². The lowest BCUT2D eigenvalue weighted by atomic mass is 9.67. The number of carbonyl (C=O) groups is 1. The molecule has 7 heteroatoms. The van der Waals surface area contributed by atoms with Crippen molar-refractivity contribution in [3.8, 4) is 11.5 Å². The summed E-state index contributed by atoms with van der Waals surface area (Å²) < 4.78 is 23.9. The zero-order valence-corrected chi connectivity index (χ0v) is 17.9. The van der Waals surface area contributed by atoms with Gasteiger partial charge in [0.1, 0.15) is 5.82 Å². The van der Waals surface area contributed by atoms with Gasteiger partial charge in [0.05, 0.1) is 14.2 Å². The molecule has 0 bridgehead atoms. The minimum atomic E-state index is -0.367. The van der Waals surface area contributed by atoms with Gasteiger partial charge in [-0.2, -0.15) is 5.10 Å². The predicted octanol–water partition coefficient (Wildman–Crippen LogP) is 3.70. The van der Waals surface area contributed by atoms with Crippen molar-refractivity contribution in [1.29, 1.82) is 0 Å². The molecule has 1 saturated carbocycles. The Morgan fingerprint density at radius 1 is 1.16 bits per heavy atom. The van der Waals surface area contributed by atoms with E-state index in [9.17, 15) is 9.18 Å². The Balaban J connectivity index is 1.43. The molecule has 1 saturated heterocycles. The summed E-state index contributed by atoms with van der Waals surface area (Å²) in [5.41, 5.74) is 5.40. The third kappa shape index (κ3) is 4.56. The van der Waals surface area contributed by atoms with Crippen LogP contribution in [0.1, 0.15) is 41.6 Å². The van der Waals surface area contributed by atoms with Crippen molar-refractivity contribution in [2.45, 2.75) is 38.1 Å². The molecule has 1 heterocycles. The molecule has 164 valence electrons. The lowest BCUT2D eigenvalue weighted by Gasteiger charge is -2.40.